The molecule has 2 amide bonds. The van der Waals surface area contributed by atoms with E-state index < -0.39 is 0 Å². The highest BCUT2D eigenvalue weighted by Crippen LogP contribution is 2.20. The van der Waals surface area contributed by atoms with Gasteiger partial charge in [-0.3, -0.25) is 9.59 Å². The number of benzene rings is 1. The van der Waals surface area contributed by atoms with Crippen LogP contribution in [0.25, 0.3) is 0 Å². The molecule has 1 rings (SSSR count). The normalized spacial score (nSPS) is 10.1. The second-order valence-corrected chi connectivity index (χ2v) is 5.39. The van der Waals surface area contributed by atoms with Crippen LogP contribution >= 0.6 is 27.5 Å². The number of hydrogen-bond donors (Lipinski definition) is 2. The van der Waals surface area contributed by atoms with Crippen LogP contribution in [0.4, 0.5) is 0 Å². The van der Waals surface area contributed by atoms with Gasteiger partial charge in [-0.05, 0) is 31.0 Å². The fourth-order valence-corrected chi connectivity index (χ4v) is 2.05. The highest BCUT2D eigenvalue weighted by molar-refractivity contribution is 9.10. The van der Waals surface area contributed by atoms with Gasteiger partial charge in [0.25, 0.3) is 5.91 Å². The third kappa shape index (κ3) is 6.07. The average Bonchev–Trinajstić information content (AvgIpc) is 2.36. The Hall–Kier alpha value is -1.07. The van der Waals surface area contributed by atoms with Crippen LogP contribution in [0.5, 0.6) is 0 Å². The molecule has 1 aromatic carbocycles. The summed E-state index contributed by atoms with van der Waals surface area (Å²) in [6, 6.07) is 5.15. The van der Waals surface area contributed by atoms with E-state index in [1.54, 1.807) is 18.2 Å². The molecule has 6 heteroatoms. The lowest BCUT2D eigenvalue weighted by Crippen LogP contribution is -2.26. The summed E-state index contributed by atoms with van der Waals surface area (Å²) in [7, 11) is 0. The van der Waals surface area contributed by atoms with E-state index in [1.807, 2.05) is 0 Å². The van der Waals surface area contributed by atoms with Gasteiger partial charge in [-0.15, -0.1) is 0 Å². The van der Waals surface area contributed by atoms with Crippen LogP contribution in [0.1, 0.15) is 30.1 Å². The largest absolute Gasteiger partial charge is 0.356 e. The van der Waals surface area contributed by atoms with Crippen molar-refractivity contribution in [2.75, 3.05) is 13.1 Å². The van der Waals surface area contributed by atoms with E-state index in [1.165, 1.54) is 6.92 Å². The van der Waals surface area contributed by atoms with Gasteiger partial charge in [0.15, 0.2) is 0 Å². The quantitative estimate of drug-likeness (QED) is 0.777. The molecule has 1 aromatic rings. The third-order valence-electron chi connectivity index (χ3n) is 2.44. The molecule has 0 fully saturated rings. The Labute approximate surface area is 126 Å². The second-order valence-electron chi connectivity index (χ2n) is 4.07. The second kappa shape index (κ2) is 8.17. The van der Waals surface area contributed by atoms with Crippen molar-refractivity contribution in [3.63, 3.8) is 0 Å². The Morgan fingerprint density at radius 3 is 2.47 bits per heavy atom. The first-order valence-electron chi connectivity index (χ1n) is 5.98. The predicted octanol–water partition coefficient (Wildman–Crippen LogP) is 2.75. The minimum absolute atomic E-state index is 0.0371. The maximum atomic E-state index is 11.9. The molecule has 0 aliphatic heterocycles. The molecule has 0 atom stereocenters. The van der Waals surface area contributed by atoms with Gasteiger partial charge in [0, 0.05) is 24.5 Å². The summed E-state index contributed by atoms with van der Waals surface area (Å²) in [5.41, 5.74) is 0.456. The lowest BCUT2D eigenvalue weighted by molar-refractivity contribution is -0.118. The van der Waals surface area contributed by atoms with Crippen molar-refractivity contribution < 1.29 is 9.59 Å². The lowest BCUT2D eigenvalue weighted by atomic mass is 10.2. The molecule has 0 heterocycles. The number of halogens is 2. The number of amides is 2. The van der Waals surface area contributed by atoms with E-state index in [2.05, 4.69) is 26.6 Å². The molecule has 0 radical (unpaired) electrons. The molecule has 19 heavy (non-hydrogen) atoms. The number of unbranched alkanes of at least 4 members (excludes halogenated alkanes) is 1. The molecule has 0 saturated heterocycles. The van der Waals surface area contributed by atoms with E-state index in [4.69, 9.17) is 11.6 Å². The summed E-state index contributed by atoms with van der Waals surface area (Å²) >= 11 is 9.26. The first-order chi connectivity index (χ1) is 9.00. The van der Waals surface area contributed by atoms with Crippen LogP contribution in [-0.2, 0) is 4.79 Å². The van der Waals surface area contributed by atoms with Gasteiger partial charge in [-0.1, -0.05) is 27.5 Å². The van der Waals surface area contributed by atoms with Crippen molar-refractivity contribution in [3.05, 3.63) is 33.3 Å². The van der Waals surface area contributed by atoms with Gasteiger partial charge < -0.3 is 10.6 Å². The van der Waals surface area contributed by atoms with E-state index in [0.29, 0.717) is 23.7 Å². The Morgan fingerprint density at radius 1 is 1.21 bits per heavy atom. The Morgan fingerprint density at radius 2 is 1.84 bits per heavy atom. The minimum atomic E-state index is -0.189. The van der Waals surface area contributed by atoms with Crippen LogP contribution in [0.15, 0.2) is 22.7 Å². The maximum absolute atomic E-state index is 11.9. The van der Waals surface area contributed by atoms with E-state index in [-0.39, 0.29) is 11.8 Å². The first kappa shape index (κ1) is 16.0. The van der Waals surface area contributed by atoms with Crippen molar-refractivity contribution in [1.29, 1.82) is 0 Å². The van der Waals surface area contributed by atoms with Crippen molar-refractivity contribution in [2.45, 2.75) is 19.8 Å². The van der Waals surface area contributed by atoms with E-state index >= 15 is 0 Å². The fraction of sp³-hybridized carbons (Fsp3) is 0.385. The van der Waals surface area contributed by atoms with Crippen molar-refractivity contribution in [1.82, 2.24) is 10.6 Å². The van der Waals surface area contributed by atoms with Crippen LogP contribution in [0, 0.1) is 0 Å². The van der Waals surface area contributed by atoms with Gasteiger partial charge >= 0.3 is 0 Å². The van der Waals surface area contributed by atoms with Crippen LogP contribution < -0.4 is 10.6 Å². The third-order valence-corrected chi connectivity index (χ3v) is 3.26. The summed E-state index contributed by atoms with van der Waals surface area (Å²) in [5, 5.41) is 5.93. The van der Waals surface area contributed by atoms with Gasteiger partial charge in [-0.2, -0.15) is 0 Å². The SMILES string of the molecule is CC(=O)NCCCCNC(=O)c1cc(Br)ccc1Cl. The number of nitrogens with one attached hydrogen (secondary N) is 2. The number of rotatable bonds is 6. The van der Waals surface area contributed by atoms with Crippen LogP contribution in [-0.4, -0.2) is 24.9 Å². The standard InChI is InChI=1S/C13H16BrClN2O2/c1-9(18)16-6-2-3-7-17-13(19)11-8-10(14)4-5-12(11)15/h4-5,8H,2-3,6-7H2,1H3,(H,16,18)(H,17,19). The zero-order valence-corrected chi connectivity index (χ0v) is 13.0. The summed E-state index contributed by atoms with van der Waals surface area (Å²) in [5.74, 6) is -0.226. The first-order valence-corrected chi connectivity index (χ1v) is 7.15. The summed E-state index contributed by atoms with van der Waals surface area (Å²) in [6.45, 7) is 2.67. The molecule has 104 valence electrons. The van der Waals surface area contributed by atoms with Crippen molar-refractivity contribution >= 4 is 39.3 Å². The smallest absolute Gasteiger partial charge is 0.252 e. The molecule has 0 spiro atoms. The monoisotopic (exact) mass is 346 g/mol. The fourth-order valence-electron chi connectivity index (χ4n) is 1.48. The van der Waals surface area contributed by atoms with Gasteiger partial charge in [0.1, 0.15) is 0 Å². The summed E-state index contributed by atoms with van der Waals surface area (Å²) in [6.07, 6.45) is 1.63. The highest BCUT2D eigenvalue weighted by Gasteiger charge is 2.09. The zero-order valence-electron chi connectivity index (χ0n) is 10.6. The molecular weight excluding hydrogens is 332 g/mol. The number of carbonyl (C=O) groups excluding carboxylic acids is 2. The van der Waals surface area contributed by atoms with E-state index in [0.717, 1.165) is 17.3 Å². The van der Waals surface area contributed by atoms with Crippen LogP contribution in [0.2, 0.25) is 5.02 Å². The van der Waals surface area contributed by atoms with Gasteiger partial charge in [0.05, 0.1) is 10.6 Å². The molecule has 0 saturated carbocycles. The predicted molar refractivity (Wildman–Crippen MR) is 79.4 cm³/mol. The zero-order chi connectivity index (χ0) is 14.3. The topological polar surface area (TPSA) is 58.2 Å². The van der Waals surface area contributed by atoms with Gasteiger partial charge in [0.2, 0.25) is 5.91 Å². The lowest BCUT2D eigenvalue weighted by Gasteiger charge is -2.07. The van der Waals surface area contributed by atoms with Crippen molar-refractivity contribution in [3.8, 4) is 0 Å². The number of carbonyl (C=O) groups is 2. The molecule has 4 nitrogen and oxygen atoms in total. The van der Waals surface area contributed by atoms with Crippen LogP contribution in [0.3, 0.4) is 0 Å². The average molecular weight is 348 g/mol. The Kier molecular flexibility index (Phi) is 6.87. The molecule has 0 bridgehead atoms. The highest BCUT2D eigenvalue weighted by atomic mass is 79.9. The van der Waals surface area contributed by atoms with Crippen molar-refractivity contribution in [2.24, 2.45) is 0 Å². The van der Waals surface area contributed by atoms with E-state index in [9.17, 15) is 9.59 Å². The van der Waals surface area contributed by atoms with Gasteiger partial charge in [-0.25, -0.2) is 0 Å². The Bertz CT molecular complexity index is 466. The Balaban J connectivity index is 2.31. The summed E-state index contributed by atoms with van der Waals surface area (Å²) in [4.78, 5) is 22.5. The molecule has 0 unspecified atom stereocenters. The molecule has 0 aromatic heterocycles. The minimum Gasteiger partial charge on any atom is -0.356 e. The molecular formula is C13H16BrClN2O2. The summed E-state index contributed by atoms with van der Waals surface area (Å²) < 4.78 is 0.813. The number of hydrogen-bond acceptors (Lipinski definition) is 2. The molecule has 2 N–H and O–H groups in total. The molecule has 0 aliphatic carbocycles. The molecule has 0 aliphatic rings. The maximum Gasteiger partial charge on any atom is 0.252 e.